The van der Waals surface area contributed by atoms with E-state index in [0.717, 1.165) is 25.9 Å². The lowest BCUT2D eigenvalue weighted by atomic mass is 10.1. The van der Waals surface area contributed by atoms with Gasteiger partial charge >= 0.3 is 0 Å². The van der Waals surface area contributed by atoms with Crippen molar-refractivity contribution in [3.63, 3.8) is 0 Å². The number of nitrogens with one attached hydrogen (secondary N) is 1. The van der Waals surface area contributed by atoms with E-state index >= 15 is 0 Å². The summed E-state index contributed by atoms with van der Waals surface area (Å²) in [5.74, 6) is 0.680. The molecule has 0 spiro atoms. The molecule has 0 fully saturated rings. The number of hydrogen-bond acceptors (Lipinski definition) is 2. The van der Waals surface area contributed by atoms with E-state index < -0.39 is 0 Å². The highest BCUT2D eigenvalue weighted by molar-refractivity contribution is 5.77. The third-order valence-electron chi connectivity index (χ3n) is 2.59. The van der Waals surface area contributed by atoms with Crippen LogP contribution in [-0.2, 0) is 9.59 Å². The first kappa shape index (κ1) is 15.9. The highest BCUT2D eigenvalue weighted by Gasteiger charge is 2.09. The smallest absolute Gasteiger partial charge is 0.221 e. The lowest BCUT2D eigenvalue weighted by Crippen LogP contribution is -2.34. The molecule has 0 radical (unpaired) electrons. The Hall–Kier alpha value is -1.06. The highest BCUT2D eigenvalue weighted by Crippen LogP contribution is 1.98. The van der Waals surface area contributed by atoms with Crippen LogP contribution in [0.25, 0.3) is 0 Å². The quantitative estimate of drug-likeness (QED) is 0.705. The van der Waals surface area contributed by atoms with Gasteiger partial charge in [-0.2, -0.15) is 0 Å². The lowest BCUT2D eigenvalue weighted by Gasteiger charge is -2.19. The van der Waals surface area contributed by atoms with Crippen molar-refractivity contribution >= 4 is 11.8 Å². The zero-order valence-corrected chi connectivity index (χ0v) is 11.6. The predicted molar refractivity (Wildman–Crippen MR) is 69.6 cm³/mol. The van der Waals surface area contributed by atoms with Crippen LogP contribution in [0.5, 0.6) is 0 Å². The average Bonchev–Trinajstić information content (AvgIpc) is 2.23. The third kappa shape index (κ3) is 8.72. The number of amides is 2. The molecule has 0 heterocycles. The van der Waals surface area contributed by atoms with Gasteiger partial charge in [0.15, 0.2) is 0 Å². The number of carbonyl (C=O) groups excluding carboxylic acids is 2. The van der Waals surface area contributed by atoms with Gasteiger partial charge in [0.1, 0.15) is 0 Å². The molecule has 0 aliphatic rings. The standard InChI is InChI=1S/C13H26N2O2/c1-5-9-15(12(4)16)10-7-13(17)14-8-6-11(2)3/h11H,5-10H2,1-4H3,(H,14,17). The predicted octanol–water partition coefficient (Wildman–Crippen LogP) is 1.80. The first-order valence-corrected chi connectivity index (χ1v) is 6.49. The minimum Gasteiger partial charge on any atom is -0.356 e. The fourth-order valence-electron chi connectivity index (χ4n) is 1.52. The number of carbonyl (C=O) groups is 2. The molecule has 0 aromatic carbocycles. The van der Waals surface area contributed by atoms with Crippen LogP contribution in [0.2, 0.25) is 0 Å². The maximum atomic E-state index is 11.5. The largest absolute Gasteiger partial charge is 0.356 e. The molecule has 0 atom stereocenters. The number of rotatable bonds is 8. The van der Waals surface area contributed by atoms with Crippen molar-refractivity contribution in [1.29, 1.82) is 0 Å². The van der Waals surface area contributed by atoms with Crippen LogP contribution < -0.4 is 5.32 Å². The Morgan fingerprint density at radius 2 is 1.88 bits per heavy atom. The van der Waals surface area contributed by atoms with Crippen molar-refractivity contribution in [3.8, 4) is 0 Å². The fourth-order valence-corrected chi connectivity index (χ4v) is 1.52. The van der Waals surface area contributed by atoms with E-state index in [9.17, 15) is 9.59 Å². The van der Waals surface area contributed by atoms with Crippen LogP contribution in [-0.4, -0.2) is 36.3 Å². The van der Waals surface area contributed by atoms with Crippen LogP contribution in [0.1, 0.15) is 47.0 Å². The molecular weight excluding hydrogens is 216 g/mol. The third-order valence-corrected chi connectivity index (χ3v) is 2.59. The van der Waals surface area contributed by atoms with Crippen LogP contribution >= 0.6 is 0 Å². The van der Waals surface area contributed by atoms with Crippen LogP contribution in [0.4, 0.5) is 0 Å². The zero-order chi connectivity index (χ0) is 13.3. The normalized spacial score (nSPS) is 10.4. The summed E-state index contributed by atoms with van der Waals surface area (Å²) >= 11 is 0. The molecule has 0 saturated heterocycles. The summed E-state index contributed by atoms with van der Waals surface area (Å²) in [7, 11) is 0. The zero-order valence-electron chi connectivity index (χ0n) is 11.6. The van der Waals surface area contributed by atoms with Crippen molar-refractivity contribution in [2.24, 2.45) is 5.92 Å². The van der Waals surface area contributed by atoms with E-state index in [-0.39, 0.29) is 11.8 Å². The van der Waals surface area contributed by atoms with Gasteiger partial charge in [-0.1, -0.05) is 20.8 Å². The first-order valence-electron chi connectivity index (χ1n) is 6.49. The molecule has 0 aromatic heterocycles. The minimum absolute atomic E-state index is 0.0352. The van der Waals surface area contributed by atoms with Crippen LogP contribution in [0.3, 0.4) is 0 Å². The van der Waals surface area contributed by atoms with E-state index in [2.05, 4.69) is 19.2 Å². The molecule has 1 N–H and O–H groups in total. The van der Waals surface area contributed by atoms with Crippen molar-refractivity contribution in [2.45, 2.75) is 47.0 Å². The van der Waals surface area contributed by atoms with Gasteiger partial charge in [0.05, 0.1) is 0 Å². The SMILES string of the molecule is CCCN(CCC(=O)NCCC(C)C)C(C)=O. The molecule has 2 amide bonds. The second kappa shape index (κ2) is 9.02. The van der Waals surface area contributed by atoms with E-state index in [0.29, 0.717) is 18.9 Å². The maximum absolute atomic E-state index is 11.5. The summed E-state index contributed by atoms with van der Waals surface area (Å²) in [4.78, 5) is 24.5. The Morgan fingerprint density at radius 1 is 1.24 bits per heavy atom. The molecule has 0 bridgehead atoms. The van der Waals surface area contributed by atoms with E-state index in [1.165, 1.54) is 0 Å². The Balaban J connectivity index is 3.76. The second-order valence-electron chi connectivity index (χ2n) is 4.79. The van der Waals surface area contributed by atoms with Crippen molar-refractivity contribution in [2.75, 3.05) is 19.6 Å². The van der Waals surface area contributed by atoms with Gasteiger partial charge in [-0.05, 0) is 18.8 Å². The van der Waals surface area contributed by atoms with E-state index in [1.54, 1.807) is 11.8 Å². The Labute approximate surface area is 105 Å². The highest BCUT2D eigenvalue weighted by atomic mass is 16.2. The van der Waals surface area contributed by atoms with E-state index in [1.807, 2.05) is 6.92 Å². The monoisotopic (exact) mass is 242 g/mol. The van der Waals surface area contributed by atoms with Crippen LogP contribution in [0.15, 0.2) is 0 Å². The van der Waals surface area contributed by atoms with Gasteiger partial charge < -0.3 is 10.2 Å². The van der Waals surface area contributed by atoms with Gasteiger partial charge in [0.25, 0.3) is 0 Å². The average molecular weight is 242 g/mol. The topological polar surface area (TPSA) is 49.4 Å². The second-order valence-corrected chi connectivity index (χ2v) is 4.79. The molecule has 4 nitrogen and oxygen atoms in total. The van der Waals surface area contributed by atoms with Crippen molar-refractivity contribution in [1.82, 2.24) is 10.2 Å². The summed E-state index contributed by atoms with van der Waals surface area (Å²) in [5, 5.41) is 2.87. The summed E-state index contributed by atoms with van der Waals surface area (Å²) in [6, 6.07) is 0. The molecule has 0 aliphatic heterocycles. The Morgan fingerprint density at radius 3 is 2.35 bits per heavy atom. The molecule has 100 valence electrons. The Kier molecular flexibility index (Phi) is 8.46. The van der Waals surface area contributed by atoms with Gasteiger partial charge in [0, 0.05) is 33.0 Å². The molecule has 0 aromatic rings. The van der Waals surface area contributed by atoms with Crippen molar-refractivity contribution < 1.29 is 9.59 Å². The minimum atomic E-state index is 0.0352. The van der Waals surface area contributed by atoms with Gasteiger partial charge in [-0.15, -0.1) is 0 Å². The van der Waals surface area contributed by atoms with Crippen LogP contribution in [0, 0.1) is 5.92 Å². The van der Waals surface area contributed by atoms with Crippen molar-refractivity contribution in [3.05, 3.63) is 0 Å². The summed E-state index contributed by atoms with van der Waals surface area (Å²) < 4.78 is 0. The van der Waals surface area contributed by atoms with Gasteiger partial charge in [-0.3, -0.25) is 9.59 Å². The lowest BCUT2D eigenvalue weighted by molar-refractivity contribution is -0.129. The van der Waals surface area contributed by atoms with E-state index in [4.69, 9.17) is 0 Å². The molecule has 4 heteroatoms. The first-order chi connectivity index (χ1) is 7.97. The van der Waals surface area contributed by atoms with Gasteiger partial charge in [-0.25, -0.2) is 0 Å². The summed E-state index contributed by atoms with van der Waals surface area (Å²) in [6.45, 7) is 9.82. The number of nitrogens with zero attached hydrogens (tertiary/aromatic N) is 1. The van der Waals surface area contributed by atoms with Gasteiger partial charge in [0.2, 0.25) is 11.8 Å². The molecular formula is C13H26N2O2. The molecule has 0 unspecified atom stereocenters. The fraction of sp³-hybridized carbons (Fsp3) is 0.846. The summed E-state index contributed by atoms with van der Waals surface area (Å²) in [5.41, 5.74) is 0. The summed E-state index contributed by atoms with van der Waals surface area (Å²) in [6.07, 6.45) is 2.32. The molecule has 17 heavy (non-hydrogen) atoms. The number of hydrogen-bond donors (Lipinski definition) is 1. The molecule has 0 saturated carbocycles. The molecule has 0 aliphatic carbocycles. The maximum Gasteiger partial charge on any atom is 0.221 e. The Bertz CT molecular complexity index is 240. The molecule has 0 rings (SSSR count).